The summed E-state index contributed by atoms with van der Waals surface area (Å²) in [6.45, 7) is 7.67. The first-order valence-corrected chi connectivity index (χ1v) is 11.2. The Hall–Kier alpha value is -2.89. The van der Waals surface area contributed by atoms with Crippen LogP contribution in [0.1, 0.15) is 87.6 Å². The molecule has 1 aromatic carbocycles. The minimum Gasteiger partial charge on any atom is -0.461 e. The van der Waals surface area contributed by atoms with E-state index < -0.39 is 5.97 Å². The third kappa shape index (κ3) is 5.24. The molecule has 1 aromatic heterocycles. The molecule has 6 heteroatoms. The van der Waals surface area contributed by atoms with E-state index in [9.17, 15) is 14.4 Å². The molecule has 31 heavy (non-hydrogen) atoms. The Kier molecular flexibility index (Phi) is 7.31. The van der Waals surface area contributed by atoms with Crippen molar-refractivity contribution in [3.63, 3.8) is 0 Å². The van der Waals surface area contributed by atoms with Crippen molar-refractivity contribution in [2.45, 2.75) is 65.8 Å². The van der Waals surface area contributed by atoms with Gasteiger partial charge in [0.15, 0.2) is 5.78 Å². The van der Waals surface area contributed by atoms with Gasteiger partial charge in [0, 0.05) is 22.9 Å². The minimum absolute atomic E-state index is 0.00286. The highest BCUT2D eigenvalue weighted by Gasteiger charge is 2.35. The number of benzene rings is 1. The zero-order valence-corrected chi connectivity index (χ0v) is 18.9. The molecule has 6 nitrogen and oxygen atoms in total. The van der Waals surface area contributed by atoms with Crippen LogP contribution in [0.5, 0.6) is 0 Å². The van der Waals surface area contributed by atoms with E-state index in [4.69, 9.17) is 4.74 Å². The van der Waals surface area contributed by atoms with Crippen molar-refractivity contribution in [2.75, 3.05) is 13.2 Å². The Labute approximate surface area is 184 Å². The fourth-order valence-electron chi connectivity index (χ4n) is 3.92. The Bertz CT molecular complexity index is 955. The van der Waals surface area contributed by atoms with Gasteiger partial charge in [0.1, 0.15) is 5.69 Å². The van der Waals surface area contributed by atoms with Gasteiger partial charge in [-0.15, -0.1) is 0 Å². The number of hydrogen-bond donors (Lipinski definition) is 1. The highest BCUT2D eigenvalue weighted by Crippen LogP contribution is 2.29. The van der Waals surface area contributed by atoms with Gasteiger partial charge in [-0.05, 0) is 69.7 Å². The monoisotopic (exact) mass is 424 g/mol. The predicted octanol–water partition coefficient (Wildman–Crippen LogP) is 4.64. The van der Waals surface area contributed by atoms with E-state index in [-0.39, 0.29) is 30.9 Å². The Morgan fingerprint density at radius 1 is 1.10 bits per heavy atom. The maximum atomic E-state index is 13.2. The Morgan fingerprint density at radius 2 is 1.77 bits per heavy atom. The van der Waals surface area contributed by atoms with Crippen LogP contribution in [0.3, 0.4) is 0 Å². The van der Waals surface area contributed by atoms with Gasteiger partial charge in [-0.2, -0.15) is 0 Å². The second kappa shape index (κ2) is 9.94. The van der Waals surface area contributed by atoms with Gasteiger partial charge in [0.05, 0.1) is 13.2 Å². The van der Waals surface area contributed by atoms with Crippen molar-refractivity contribution >= 4 is 17.7 Å². The summed E-state index contributed by atoms with van der Waals surface area (Å²) in [5.74, 6) is -0.753. The summed E-state index contributed by atoms with van der Waals surface area (Å²) in [6, 6.07) is 7.82. The third-order valence-electron chi connectivity index (χ3n) is 5.78. The van der Waals surface area contributed by atoms with Crippen LogP contribution in [0.15, 0.2) is 24.3 Å². The number of esters is 1. The molecule has 0 aliphatic heterocycles. The second-order valence-electron chi connectivity index (χ2n) is 8.23. The molecule has 1 N–H and O–H groups in total. The molecule has 0 atom stereocenters. The molecule has 1 aliphatic rings. The van der Waals surface area contributed by atoms with Crippen LogP contribution in [0.2, 0.25) is 0 Å². The number of Topliss-reactive ketones (excluding diaryl/α,β-unsaturated/α-hetero) is 1. The number of carbonyl (C=O) groups excluding carboxylic acids is 3. The fourth-order valence-corrected chi connectivity index (χ4v) is 3.92. The maximum absolute atomic E-state index is 13.2. The number of rotatable bonds is 10. The lowest BCUT2D eigenvalue weighted by atomic mass is 10.0. The summed E-state index contributed by atoms with van der Waals surface area (Å²) >= 11 is 0. The number of nitrogens with one attached hydrogen (secondary N) is 1. The van der Waals surface area contributed by atoms with Crippen LogP contribution in [-0.4, -0.2) is 46.7 Å². The lowest BCUT2D eigenvalue weighted by Gasteiger charge is -2.22. The van der Waals surface area contributed by atoms with Crippen molar-refractivity contribution in [1.29, 1.82) is 0 Å². The summed E-state index contributed by atoms with van der Waals surface area (Å²) in [4.78, 5) is 43.2. The minimum atomic E-state index is -0.472. The van der Waals surface area contributed by atoms with Crippen LogP contribution in [0.4, 0.5) is 0 Å². The van der Waals surface area contributed by atoms with Crippen molar-refractivity contribution in [2.24, 2.45) is 0 Å². The molecular formula is C25H32N2O4. The van der Waals surface area contributed by atoms with Crippen LogP contribution in [-0.2, 0) is 11.2 Å². The van der Waals surface area contributed by atoms with Gasteiger partial charge in [-0.25, -0.2) is 4.79 Å². The normalized spacial score (nSPS) is 13.2. The smallest absolute Gasteiger partial charge is 0.355 e. The van der Waals surface area contributed by atoms with E-state index in [1.807, 2.05) is 24.3 Å². The van der Waals surface area contributed by atoms with Gasteiger partial charge in [0.25, 0.3) is 5.91 Å². The number of aromatic nitrogens is 1. The largest absolute Gasteiger partial charge is 0.461 e. The number of ether oxygens (including phenoxy) is 1. The van der Waals surface area contributed by atoms with E-state index in [2.05, 4.69) is 11.9 Å². The van der Waals surface area contributed by atoms with E-state index in [0.717, 1.165) is 32.1 Å². The third-order valence-corrected chi connectivity index (χ3v) is 5.78. The second-order valence-corrected chi connectivity index (χ2v) is 8.23. The Morgan fingerprint density at radius 3 is 2.35 bits per heavy atom. The average Bonchev–Trinajstić information content (AvgIpc) is 3.55. The molecule has 1 saturated carbocycles. The van der Waals surface area contributed by atoms with Crippen molar-refractivity contribution in [3.05, 3.63) is 57.9 Å². The topological polar surface area (TPSA) is 79.5 Å². The SMILES string of the molecule is CCCCc1ccc(C(=O)N(CC(=O)c2c(C)[nH]c(C(=O)OCC)c2C)C2CC2)cc1. The lowest BCUT2D eigenvalue weighted by Crippen LogP contribution is -2.37. The summed E-state index contributed by atoms with van der Waals surface area (Å²) in [5.41, 5.74) is 3.79. The van der Waals surface area contributed by atoms with E-state index in [1.54, 1.807) is 25.7 Å². The van der Waals surface area contributed by atoms with Crippen molar-refractivity contribution in [3.8, 4) is 0 Å². The zero-order chi connectivity index (χ0) is 22.5. The fraction of sp³-hybridized carbons (Fsp3) is 0.480. The number of H-pyrrole nitrogens is 1. The lowest BCUT2D eigenvalue weighted by molar-refractivity contribution is 0.0519. The summed E-state index contributed by atoms with van der Waals surface area (Å²) in [7, 11) is 0. The molecule has 3 rings (SSSR count). The number of unbranched alkanes of at least 4 members (excludes halogenated alkanes) is 1. The van der Waals surface area contributed by atoms with Gasteiger partial charge in [-0.3, -0.25) is 9.59 Å². The highest BCUT2D eigenvalue weighted by molar-refractivity contribution is 6.06. The number of hydrogen-bond acceptors (Lipinski definition) is 4. The molecule has 1 aliphatic carbocycles. The van der Waals surface area contributed by atoms with Gasteiger partial charge >= 0.3 is 5.97 Å². The standard InChI is InChI=1S/C25H32N2O4/c1-5-7-8-18-9-11-19(12-10-18)24(29)27(20-13-14-20)15-21(28)22-16(3)23(26-17(22)4)25(30)31-6-2/h9-12,20,26H,5-8,13-15H2,1-4H3. The summed E-state index contributed by atoms with van der Waals surface area (Å²) < 4.78 is 5.07. The first-order valence-electron chi connectivity index (χ1n) is 11.2. The molecule has 0 radical (unpaired) electrons. The molecule has 1 fully saturated rings. The van der Waals surface area contributed by atoms with Gasteiger partial charge in [0.2, 0.25) is 0 Å². The first-order chi connectivity index (χ1) is 14.9. The molecule has 166 valence electrons. The highest BCUT2D eigenvalue weighted by atomic mass is 16.5. The van der Waals surface area contributed by atoms with Gasteiger partial charge < -0.3 is 14.6 Å². The molecule has 0 unspecified atom stereocenters. The van der Waals surface area contributed by atoms with Crippen molar-refractivity contribution < 1.29 is 19.1 Å². The zero-order valence-electron chi connectivity index (χ0n) is 18.9. The Balaban J connectivity index is 1.77. The van der Waals surface area contributed by atoms with Gasteiger partial charge in [-0.1, -0.05) is 25.5 Å². The number of ketones is 1. The van der Waals surface area contributed by atoms with Crippen LogP contribution in [0, 0.1) is 13.8 Å². The predicted molar refractivity (Wildman–Crippen MR) is 120 cm³/mol. The average molecular weight is 425 g/mol. The molecular weight excluding hydrogens is 392 g/mol. The number of amides is 1. The number of aryl methyl sites for hydroxylation is 2. The molecule has 0 saturated heterocycles. The molecule has 0 spiro atoms. The maximum Gasteiger partial charge on any atom is 0.355 e. The molecule has 0 bridgehead atoms. The van der Waals surface area contributed by atoms with E-state index in [0.29, 0.717) is 28.1 Å². The van der Waals surface area contributed by atoms with Crippen LogP contribution in [0.25, 0.3) is 0 Å². The number of carbonyl (C=O) groups is 3. The molecule has 2 aromatic rings. The van der Waals surface area contributed by atoms with E-state index >= 15 is 0 Å². The van der Waals surface area contributed by atoms with Crippen molar-refractivity contribution in [1.82, 2.24) is 9.88 Å². The van der Waals surface area contributed by atoms with E-state index in [1.165, 1.54) is 5.56 Å². The molecule has 1 amide bonds. The first kappa shape index (κ1) is 22.8. The summed E-state index contributed by atoms with van der Waals surface area (Å²) in [6.07, 6.45) is 5.08. The summed E-state index contributed by atoms with van der Waals surface area (Å²) in [5, 5.41) is 0. The number of nitrogens with zero attached hydrogens (tertiary/aromatic N) is 1. The number of aromatic amines is 1. The van der Waals surface area contributed by atoms with Crippen LogP contribution < -0.4 is 0 Å². The quantitative estimate of drug-likeness (QED) is 0.445. The van der Waals surface area contributed by atoms with Crippen LogP contribution >= 0.6 is 0 Å². The molecule has 1 heterocycles.